The Balaban J connectivity index is 1.56. The highest BCUT2D eigenvalue weighted by Crippen LogP contribution is 2.33. The Bertz CT molecular complexity index is 520. The van der Waals surface area contributed by atoms with Gasteiger partial charge in [-0.05, 0) is 19.8 Å². The van der Waals surface area contributed by atoms with Crippen LogP contribution < -0.4 is 0 Å². The predicted molar refractivity (Wildman–Crippen MR) is 89.9 cm³/mol. The van der Waals surface area contributed by atoms with E-state index in [1.807, 2.05) is 31.2 Å². The van der Waals surface area contributed by atoms with Crippen molar-refractivity contribution in [2.45, 2.75) is 26.2 Å². The molecule has 0 radical (unpaired) electrons. The first-order chi connectivity index (χ1) is 11.2. The molecule has 2 fully saturated rings. The average Bonchev–Trinajstić information content (AvgIpc) is 2.76. The molecular weight excluding hydrogens is 290 g/mol. The number of carbonyl (C=O) groups excluding carboxylic acids is 1. The minimum atomic E-state index is 0.224. The van der Waals surface area contributed by atoms with Crippen LogP contribution in [0.1, 0.15) is 35.2 Å². The molecule has 0 unspecified atom stereocenters. The summed E-state index contributed by atoms with van der Waals surface area (Å²) in [5, 5.41) is 0. The van der Waals surface area contributed by atoms with Crippen molar-refractivity contribution in [2.75, 3.05) is 46.1 Å². The van der Waals surface area contributed by atoms with Gasteiger partial charge >= 0.3 is 0 Å². The lowest BCUT2D eigenvalue weighted by atomic mass is 9.80. The van der Waals surface area contributed by atoms with Crippen molar-refractivity contribution >= 4 is 5.78 Å². The second kappa shape index (κ2) is 7.56. The molecule has 1 aromatic carbocycles. The van der Waals surface area contributed by atoms with E-state index in [0.29, 0.717) is 6.42 Å². The Morgan fingerprint density at radius 2 is 1.87 bits per heavy atom. The SMILES string of the molecule is Cc1ccc(C(=O)CCN2CCOCC3(CCOCC3)C2)cc1. The Kier molecular flexibility index (Phi) is 5.46. The van der Waals surface area contributed by atoms with Crippen molar-refractivity contribution in [1.29, 1.82) is 0 Å². The van der Waals surface area contributed by atoms with Gasteiger partial charge in [-0.2, -0.15) is 0 Å². The summed E-state index contributed by atoms with van der Waals surface area (Å²) in [5.41, 5.74) is 2.23. The third-order valence-electron chi connectivity index (χ3n) is 5.10. The van der Waals surface area contributed by atoms with Gasteiger partial charge in [-0.25, -0.2) is 0 Å². The quantitative estimate of drug-likeness (QED) is 0.801. The highest BCUT2D eigenvalue weighted by Gasteiger charge is 2.36. The number of ether oxygens (including phenoxy) is 2. The number of carbonyl (C=O) groups is 1. The molecule has 0 bridgehead atoms. The van der Waals surface area contributed by atoms with E-state index in [9.17, 15) is 4.79 Å². The number of benzene rings is 1. The highest BCUT2D eigenvalue weighted by molar-refractivity contribution is 5.96. The van der Waals surface area contributed by atoms with Gasteiger partial charge in [0.15, 0.2) is 5.78 Å². The van der Waals surface area contributed by atoms with Gasteiger partial charge in [-0.3, -0.25) is 9.69 Å². The minimum Gasteiger partial charge on any atom is -0.381 e. The van der Waals surface area contributed by atoms with E-state index in [-0.39, 0.29) is 11.2 Å². The first-order valence-corrected chi connectivity index (χ1v) is 8.65. The van der Waals surface area contributed by atoms with Crippen LogP contribution in [0.25, 0.3) is 0 Å². The van der Waals surface area contributed by atoms with Crippen LogP contribution in [0.15, 0.2) is 24.3 Å². The first kappa shape index (κ1) is 16.6. The van der Waals surface area contributed by atoms with E-state index in [1.165, 1.54) is 5.56 Å². The Hall–Kier alpha value is -1.23. The fraction of sp³-hybridized carbons (Fsp3) is 0.632. The third kappa shape index (κ3) is 4.40. The van der Waals surface area contributed by atoms with Gasteiger partial charge in [0.25, 0.3) is 0 Å². The number of rotatable bonds is 4. The number of ketones is 1. The van der Waals surface area contributed by atoms with Gasteiger partial charge in [-0.1, -0.05) is 29.8 Å². The molecule has 0 atom stereocenters. The maximum Gasteiger partial charge on any atom is 0.164 e. The van der Waals surface area contributed by atoms with E-state index >= 15 is 0 Å². The second-order valence-electron chi connectivity index (χ2n) is 6.98. The van der Waals surface area contributed by atoms with Gasteiger partial charge in [-0.15, -0.1) is 0 Å². The Labute approximate surface area is 138 Å². The summed E-state index contributed by atoms with van der Waals surface area (Å²) in [7, 11) is 0. The Morgan fingerprint density at radius 3 is 2.61 bits per heavy atom. The van der Waals surface area contributed by atoms with Crippen LogP contribution in [0.2, 0.25) is 0 Å². The lowest BCUT2D eigenvalue weighted by Crippen LogP contribution is -2.43. The molecule has 3 rings (SSSR count). The largest absolute Gasteiger partial charge is 0.381 e. The summed E-state index contributed by atoms with van der Waals surface area (Å²) in [4.78, 5) is 14.8. The van der Waals surface area contributed by atoms with Crippen molar-refractivity contribution in [3.05, 3.63) is 35.4 Å². The molecule has 2 heterocycles. The first-order valence-electron chi connectivity index (χ1n) is 8.65. The lowest BCUT2D eigenvalue weighted by molar-refractivity contribution is -0.0315. The van der Waals surface area contributed by atoms with Gasteiger partial charge in [0.2, 0.25) is 0 Å². The molecule has 0 amide bonds. The molecule has 4 nitrogen and oxygen atoms in total. The van der Waals surface area contributed by atoms with Gasteiger partial charge < -0.3 is 9.47 Å². The fourth-order valence-electron chi connectivity index (χ4n) is 3.52. The fourth-order valence-corrected chi connectivity index (χ4v) is 3.52. The molecule has 1 aromatic rings. The maximum atomic E-state index is 12.4. The Morgan fingerprint density at radius 1 is 1.13 bits per heavy atom. The standard InChI is InChI=1S/C19H27NO3/c1-16-2-4-17(5-3-16)18(21)6-9-20-10-13-23-15-19(14-20)7-11-22-12-8-19/h2-5H,6-15H2,1H3. The number of hydrogen-bond donors (Lipinski definition) is 0. The number of Topliss-reactive ketones (excluding diaryl/α,β-unsaturated/α-hetero) is 1. The zero-order valence-corrected chi connectivity index (χ0v) is 14.1. The van der Waals surface area contributed by atoms with Gasteiger partial charge in [0.05, 0.1) is 13.2 Å². The summed E-state index contributed by atoms with van der Waals surface area (Å²) in [6.07, 6.45) is 2.71. The van der Waals surface area contributed by atoms with Crippen LogP contribution in [0.5, 0.6) is 0 Å². The monoisotopic (exact) mass is 317 g/mol. The van der Waals surface area contributed by atoms with E-state index in [0.717, 1.165) is 64.5 Å². The van der Waals surface area contributed by atoms with Crippen LogP contribution in [0.4, 0.5) is 0 Å². The molecule has 2 aliphatic rings. The van der Waals surface area contributed by atoms with E-state index in [2.05, 4.69) is 4.90 Å². The molecule has 126 valence electrons. The van der Waals surface area contributed by atoms with Crippen molar-refractivity contribution in [3.8, 4) is 0 Å². The smallest absolute Gasteiger partial charge is 0.164 e. The lowest BCUT2D eigenvalue weighted by Gasteiger charge is -2.38. The van der Waals surface area contributed by atoms with Crippen molar-refractivity contribution in [3.63, 3.8) is 0 Å². The van der Waals surface area contributed by atoms with Crippen LogP contribution in [0.3, 0.4) is 0 Å². The summed E-state index contributed by atoms with van der Waals surface area (Å²) in [5.74, 6) is 0.233. The van der Waals surface area contributed by atoms with E-state index in [1.54, 1.807) is 0 Å². The number of aryl methyl sites for hydroxylation is 1. The van der Waals surface area contributed by atoms with E-state index < -0.39 is 0 Å². The molecule has 4 heteroatoms. The van der Waals surface area contributed by atoms with E-state index in [4.69, 9.17) is 9.47 Å². The molecule has 0 saturated carbocycles. The molecule has 23 heavy (non-hydrogen) atoms. The topological polar surface area (TPSA) is 38.8 Å². The molecule has 0 N–H and O–H groups in total. The maximum absolute atomic E-state index is 12.4. The van der Waals surface area contributed by atoms with Gasteiger partial charge in [0, 0.05) is 50.2 Å². The molecule has 0 aliphatic carbocycles. The van der Waals surface area contributed by atoms with Crippen LogP contribution in [-0.4, -0.2) is 56.7 Å². The number of nitrogens with zero attached hydrogens (tertiary/aromatic N) is 1. The predicted octanol–water partition coefficient (Wildman–Crippen LogP) is 2.70. The summed E-state index contributed by atoms with van der Waals surface area (Å²) >= 11 is 0. The van der Waals surface area contributed by atoms with Crippen LogP contribution in [0, 0.1) is 12.3 Å². The molecular formula is C19H27NO3. The number of hydrogen-bond acceptors (Lipinski definition) is 4. The molecule has 2 saturated heterocycles. The normalized spacial score (nSPS) is 22.0. The highest BCUT2D eigenvalue weighted by atomic mass is 16.5. The van der Waals surface area contributed by atoms with Crippen LogP contribution >= 0.6 is 0 Å². The minimum absolute atomic E-state index is 0.224. The average molecular weight is 317 g/mol. The molecule has 1 spiro atoms. The second-order valence-corrected chi connectivity index (χ2v) is 6.98. The van der Waals surface area contributed by atoms with Crippen molar-refractivity contribution in [1.82, 2.24) is 4.90 Å². The van der Waals surface area contributed by atoms with Crippen molar-refractivity contribution < 1.29 is 14.3 Å². The van der Waals surface area contributed by atoms with Crippen molar-refractivity contribution in [2.24, 2.45) is 5.41 Å². The summed E-state index contributed by atoms with van der Waals surface area (Å²) < 4.78 is 11.4. The zero-order valence-electron chi connectivity index (χ0n) is 14.1. The zero-order chi connectivity index (χ0) is 16.1. The molecule has 0 aromatic heterocycles. The van der Waals surface area contributed by atoms with Crippen LogP contribution in [-0.2, 0) is 9.47 Å². The molecule has 2 aliphatic heterocycles. The van der Waals surface area contributed by atoms with Gasteiger partial charge in [0.1, 0.15) is 0 Å². The summed E-state index contributed by atoms with van der Waals surface area (Å²) in [6, 6.07) is 7.88. The summed E-state index contributed by atoms with van der Waals surface area (Å²) in [6.45, 7) is 8.07. The third-order valence-corrected chi connectivity index (χ3v) is 5.10.